The van der Waals surface area contributed by atoms with Crippen LogP contribution >= 0.6 is 0 Å². The van der Waals surface area contributed by atoms with Crippen molar-refractivity contribution in [3.8, 4) is 11.3 Å². The molecule has 8 heteroatoms. The van der Waals surface area contributed by atoms with Crippen molar-refractivity contribution in [3.05, 3.63) is 83.4 Å². The molecule has 3 heterocycles. The van der Waals surface area contributed by atoms with E-state index in [1.807, 2.05) is 50.4 Å². The number of carbonyl (C=O) groups is 1. The van der Waals surface area contributed by atoms with E-state index >= 15 is 4.39 Å². The van der Waals surface area contributed by atoms with Crippen LogP contribution in [0.15, 0.2) is 60.9 Å². The van der Waals surface area contributed by atoms with E-state index in [9.17, 15) is 4.79 Å². The van der Waals surface area contributed by atoms with Gasteiger partial charge in [0.2, 0.25) is 11.9 Å². The number of hydrogen-bond donors (Lipinski definition) is 1. The van der Waals surface area contributed by atoms with Gasteiger partial charge in [-0.25, -0.2) is 14.4 Å². The molecule has 1 N–H and O–H groups in total. The van der Waals surface area contributed by atoms with Crippen molar-refractivity contribution < 1.29 is 9.18 Å². The summed E-state index contributed by atoms with van der Waals surface area (Å²) in [6, 6.07) is 14.7. The Kier molecular flexibility index (Phi) is 5.34. The average molecular weight is 442 g/mol. The molecule has 0 radical (unpaired) electrons. The molecule has 1 aliphatic rings. The van der Waals surface area contributed by atoms with E-state index in [0.717, 1.165) is 22.5 Å². The van der Waals surface area contributed by atoms with Gasteiger partial charge in [-0.15, -0.1) is 0 Å². The topological polar surface area (TPSA) is 75.9 Å². The zero-order valence-corrected chi connectivity index (χ0v) is 18.4. The third-order valence-corrected chi connectivity index (χ3v) is 5.93. The molecule has 2 aromatic heterocycles. The van der Waals surface area contributed by atoms with Gasteiger partial charge in [0.05, 0.1) is 24.0 Å². The van der Waals surface area contributed by atoms with Gasteiger partial charge in [0.25, 0.3) is 0 Å². The fourth-order valence-corrected chi connectivity index (χ4v) is 4.15. The molecule has 5 rings (SSSR count). The third kappa shape index (κ3) is 4.07. The Labute approximate surface area is 190 Å². The van der Waals surface area contributed by atoms with Gasteiger partial charge in [-0.3, -0.25) is 9.48 Å². The minimum absolute atomic E-state index is 0.0978. The Morgan fingerprint density at radius 2 is 2.00 bits per heavy atom. The van der Waals surface area contributed by atoms with Crippen LogP contribution in [0.5, 0.6) is 0 Å². The maximum Gasteiger partial charge on any atom is 0.231 e. The molecule has 0 bridgehead atoms. The number of fused-ring (bicyclic) bond motifs is 1. The second kappa shape index (κ2) is 8.46. The van der Waals surface area contributed by atoms with Gasteiger partial charge in [0.1, 0.15) is 11.6 Å². The molecule has 7 nitrogen and oxygen atoms in total. The molecule has 4 aromatic rings. The first-order valence-electron chi connectivity index (χ1n) is 10.8. The molecular formula is C25H23FN6O. The molecule has 0 saturated carbocycles. The molecule has 1 aliphatic heterocycles. The highest BCUT2D eigenvalue weighted by molar-refractivity contribution is 5.97. The SMILES string of the molecule is Cc1ccccc1CC(=O)N1CCc2cc(-c3ccnc(Nc4ccnn4C)n3)cc(F)c21. The normalized spacial score (nSPS) is 12.6. The van der Waals surface area contributed by atoms with E-state index in [1.54, 1.807) is 28.0 Å². The van der Waals surface area contributed by atoms with Gasteiger partial charge >= 0.3 is 0 Å². The number of hydrogen-bond acceptors (Lipinski definition) is 5. The molecule has 0 saturated heterocycles. The maximum atomic E-state index is 15.3. The molecular weight excluding hydrogens is 419 g/mol. The first-order chi connectivity index (χ1) is 16.0. The fraction of sp³-hybridized carbons (Fsp3) is 0.200. The van der Waals surface area contributed by atoms with Crippen molar-refractivity contribution in [3.63, 3.8) is 0 Å². The predicted molar refractivity (Wildman–Crippen MR) is 125 cm³/mol. The highest BCUT2D eigenvalue weighted by Crippen LogP contribution is 2.35. The molecule has 0 unspecified atom stereocenters. The monoisotopic (exact) mass is 442 g/mol. The minimum Gasteiger partial charge on any atom is -0.309 e. The first-order valence-corrected chi connectivity index (χ1v) is 10.8. The van der Waals surface area contributed by atoms with Crippen LogP contribution in [0.25, 0.3) is 11.3 Å². The Bertz CT molecular complexity index is 1350. The number of rotatable bonds is 5. The van der Waals surface area contributed by atoms with E-state index in [4.69, 9.17) is 0 Å². The molecule has 0 aliphatic carbocycles. The summed E-state index contributed by atoms with van der Waals surface area (Å²) in [6.45, 7) is 2.45. The molecule has 2 aromatic carbocycles. The smallest absolute Gasteiger partial charge is 0.231 e. The molecule has 166 valence electrons. The molecule has 1 amide bonds. The van der Waals surface area contributed by atoms with Crippen molar-refractivity contribution >= 4 is 23.4 Å². The lowest BCUT2D eigenvalue weighted by Crippen LogP contribution is -2.31. The lowest BCUT2D eigenvalue weighted by molar-refractivity contribution is -0.117. The Balaban J connectivity index is 1.40. The van der Waals surface area contributed by atoms with Crippen molar-refractivity contribution in [1.29, 1.82) is 0 Å². The van der Waals surface area contributed by atoms with E-state index in [1.165, 1.54) is 6.07 Å². The van der Waals surface area contributed by atoms with E-state index in [-0.39, 0.29) is 12.3 Å². The van der Waals surface area contributed by atoms with Crippen LogP contribution in [0.3, 0.4) is 0 Å². The summed E-state index contributed by atoms with van der Waals surface area (Å²) < 4.78 is 16.9. The van der Waals surface area contributed by atoms with Crippen LogP contribution in [0, 0.1) is 12.7 Å². The van der Waals surface area contributed by atoms with Crippen LogP contribution < -0.4 is 10.2 Å². The van der Waals surface area contributed by atoms with Crippen LogP contribution in [-0.2, 0) is 24.7 Å². The summed E-state index contributed by atoms with van der Waals surface area (Å²) in [6.07, 6.45) is 4.16. The Morgan fingerprint density at radius 1 is 1.15 bits per heavy atom. The molecule has 0 atom stereocenters. The summed E-state index contributed by atoms with van der Waals surface area (Å²) in [5, 5.41) is 7.22. The Hall–Kier alpha value is -4.07. The Morgan fingerprint density at radius 3 is 2.79 bits per heavy atom. The zero-order chi connectivity index (χ0) is 22.9. The number of aromatic nitrogens is 4. The summed E-state index contributed by atoms with van der Waals surface area (Å²) in [5.74, 6) is 0.624. The minimum atomic E-state index is -0.419. The van der Waals surface area contributed by atoms with Crippen molar-refractivity contribution in [2.45, 2.75) is 19.8 Å². The second-order valence-corrected chi connectivity index (χ2v) is 8.09. The molecule has 0 spiro atoms. The lowest BCUT2D eigenvalue weighted by Gasteiger charge is -2.19. The average Bonchev–Trinajstić information content (AvgIpc) is 3.42. The van der Waals surface area contributed by atoms with Crippen LogP contribution in [0.1, 0.15) is 16.7 Å². The van der Waals surface area contributed by atoms with Gasteiger partial charge in [-0.1, -0.05) is 24.3 Å². The van der Waals surface area contributed by atoms with Crippen molar-refractivity contribution in [2.24, 2.45) is 7.05 Å². The number of carbonyl (C=O) groups excluding carboxylic acids is 1. The van der Waals surface area contributed by atoms with Gasteiger partial charge in [-0.2, -0.15) is 5.10 Å². The van der Waals surface area contributed by atoms with Gasteiger partial charge in [0.15, 0.2) is 0 Å². The quantitative estimate of drug-likeness (QED) is 0.501. The van der Waals surface area contributed by atoms with Crippen molar-refractivity contribution in [2.75, 3.05) is 16.8 Å². The van der Waals surface area contributed by atoms with Crippen LogP contribution in [-0.4, -0.2) is 32.2 Å². The summed E-state index contributed by atoms with van der Waals surface area (Å²) in [4.78, 5) is 23.3. The number of amides is 1. The predicted octanol–water partition coefficient (Wildman–Crippen LogP) is 4.20. The van der Waals surface area contributed by atoms with Crippen LogP contribution in [0.2, 0.25) is 0 Å². The van der Waals surface area contributed by atoms with Crippen molar-refractivity contribution in [1.82, 2.24) is 19.7 Å². The van der Waals surface area contributed by atoms with Gasteiger partial charge < -0.3 is 10.2 Å². The number of benzene rings is 2. The summed E-state index contributed by atoms with van der Waals surface area (Å²) in [5.41, 5.74) is 4.45. The largest absolute Gasteiger partial charge is 0.309 e. The summed E-state index contributed by atoms with van der Waals surface area (Å²) in [7, 11) is 1.81. The zero-order valence-electron chi connectivity index (χ0n) is 18.4. The standard InChI is InChI=1S/C25H23FN6O/c1-16-5-3-4-6-17(16)15-23(33)32-12-9-18-13-19(14-20(26)24(18)32)21-7-10-27-25(29-21)30-22-8-11-28-31(22)2/h3-8,10-11,13-14H,9,12,15H2,1-2H3,(H,27,29,30). The maximum absolute atomic E-state index is 15.3. The third-order valence-electron chi connectivity index (χ3n) is 5.93. The molecule has 0 fully saturated rings. The number of halogens is 1. The number of aryl methyl sites for hydroxylation is 2. The van der Waals surface area contributed by atoms with Gasteiger partial charge in [0, 0.05) is 31.4 Å². The first kappa shape index (κ1) is 20.8. The van der Waals surface area contributed by atoms with Crippen LogP contribution in [0.4, 0.5) is 21.8 Å². The highest BCUT2D eigenvalue weighted by Gasteiger charge is 2.29. The number of anilines is 3. The van der Waals surface area contributed by atoms with E-state index in [2.05, 4.69) is 20.4 Å². The van der Waals surface area contributed by atoms with Gasteiger partial charge in [-0.05, 0) is 48.2 Å². The number of nitrogens with one attached hydrogen (secondary N) is 1. The molecule has 33 heavy (non-hydrogen) atoms. The lowest BCUT2D eigenvalue weighted by atomic mass is 10.0. The fourth-order valence-electron chi connectivity index (χ4n) is 4.15. The second-order valence-electron chi connectivity index (χ2n) is 8.09. The number of nitrogens with zero attached hydrogens (tertiary/aromatic N) is 5. The van der Waals surface area contributed by atoms with E-state index < -0.39 is 5.82 Å². The van der Waals surface area contributed by atoms with E-state index in [0.29, 0.717) is 35.9 Å². The highest BCUT2D eigenvalue weighted by atomic mass is 19.1. The summed E-state index contributed by atoms with van der Waals surface area (Å²) >= 11 is 0.